The quantitative estimate of drug-likeness (QED) is 0.0955. The Morgan fingerprint density at radius 3 is 1.25 bits per heavy atom. The average molecular weight is 659 g/mol. The molecule has 0 heterocycles. The number of aliphatic hydroxyl groups excluding tert-OH is 2. The minimum atomic E-state index is -2.77. The number of ether oxygens (including phenoxy) is 1. The van der Waals surface area contributed by atoms with E-state index >= 15 is 0 Å². The molecule has 4 atom stereocenters. The second-order valence-corrected chi connectivity index (χ2v) is 18.3. The summed E-state index contributed by atoms with van der Waals surface area (Å²) in [6.07, 6.45) is -1.74. The highest BCUT2D eigenvalue weighted by Crippen LogP contribution is 2.41. The lowest BCUT2D eigenvalue weighted by atomic mass is 9.80. The fraction of sp³-hybridized carbons (Fsp3) is 0.302. The zero-order valence-electron chi connectivity index (χ0n) is 28.9. The van der Waals surface area contributed by atoms with Gasteiger partial charge in [0.15, 0.2) is 0 Å². The number of aliphatic hydroxyl groups is 2. The molecule has 4 nitrogen and oxygen atoms in total. The van der Waals surface area contributed by atoms with Crippen LogP contribution in [-0.4, -0.2) is 44.0 Å². The molecular weight excluding hydrogens is 609 g/mol. The van der Waals surface area contributed by atoms with E-state index in [0.717, 1.165) is 16.7 Å². The predicted octanol–water partition coefficient (Wildman–Crippen LogP) is 7.57. The Morgan fingerprint density at radius 1 is 0.542 bits per heavy atom. The van der Waals surface area contributed by atoms with Gasteiger partial charge in [0.2, 0.25) is 0 Å². The maximum atomic E-state index is 11.7. The number of hydrogen-bond acceptors (Lipinski definition) is 4. The molecule has 250 valence electrons. The van der Waals surface area contributed by atoms with E-state index in [1.807, 2.05) is 80.6 Å². The molecule has 0 spiro atoms. The van der Waals surface area contributed by atoms with Crippen LogP contribution in [0.3, 0.4) is 0 Å². The zero-order chi connectivity index (χ0) is 34.2. The van der Waals surface area contributed by atoms with Crippen molar-refractivity contribution in [2.24, 2.45) is 11.8 Å². The normalized spacial score (nSPS) is 15.0. The highest BCUT2D eigenvalue weighted by Gasteiger charge is 2.50. The Labute approximate surface area is 288 Å². The van der Waals surface area contributed by atoms with Crippen molar-refractivity contribution < 1.29 is 19.4 Å². The van der Waals surface area contributed by atoms with Crippen LogP contribution in [0, 0.1) is 11.8 Å². The molecule has 0 saturated carbocycles. The molecule has 5 rings (SSSR count). The summed E-state index contributed by atoms with van der Waals surface area (Å²) < 4.78 is 14.0. The first-order valence-electron chi connectivity index (χ1n) is 17.0. The second-order valence-electron chi connectivity index (χ2n) is 14.0. The van der Waals surface area contributed by atoms with E-state index in [-0.39, 0.29) is 17.6 Å². The second kappa shape index (κ2) is 15.6. The standard InChI is InChI=1S/C43H50O4Si/c1-33(31-47-48(42(3,4)5,38-27-17-9-18-28-38)39-29-19-10-20-30-39)41(45)34(2)40(44)32-46-43(35-21-11-6-12-22-35,36-23-13-7-14-24-36)37-25-15-8-16-26-37/h6-30,33-34,40-41,44-45H,31-32H2,1-5H3/t33-,34+,40-,41+/m0/s1. The molecule has 0 radical (unpaired) electrons. The lowest BCUT2D eigenvalue weighted by molar-refractivity contribution is -0.0833. The summed E-state index contributed by atoms with van der Waals surface area (Å²) in [5.74, 6) is -0.707. The van der Waals surface area contributed by atoms with Gasteiger partial charge in [0.1, 0.15) is 5.60 Å². The van der Waals surface area contributed by atoms with Crippen molar-refractivity contribution in [3.05, 3.63) is 168 Å². The van der Waals surface area contributed by atoms with Gasteiger partial charge in [0.05, 0.1) is 18.8 Å². The van der Waals surface area contributed by atoms with Gasteiger partial charge in [-0.3, -0.25) is 0 Å². The van der Waals surface area contributed by atoms with Crippen LogP contribution in [0.15, 0.2) is 152 Å². The van der Waals surface area contributed by atoms with Gasteiger partial charge >= 0.3 is 0 Å². The lowest BCUT2D eigenvalue weighted by Gasteiger charge is -2.44. The van der Waals surface area contributed by atoms with Gasteiger partial charge in [-0.05, 0) is 32.1 Å². The van der Waals surface area contributed by atoms with E-state index < -0.39 is 32.0 Å². The van der Waals surface area contributed by atoms with Gasteiger partial charge in [-0.25, -0.2) is 0 Å². The van der Waals surface area contributed by atoms with E-state index in [9.17, 15) is 10.2 Å². The summed E-state index contributed by atoms with van der Waals surface area (Å²) in [5.41, 5.74) is 1.95. The van der Waals surface area contributed by atoms with Crippen LogP contribution < -0.4 is 10.4 Å². The molecule has 0 saturated heterocycles. The van der Waals surface area contributed by atoms with Gasteiger partial charge in [0, 0.05) is 18.4 Å². The third-order valence-corrected chi connectivity index (χ3v) is 14.7. The molecule has 48 heavy (non-hydrogen) atoms. The summed E-state index contributed by atoms with van der Waals surface area (Å²) in [7, 11) is -2.77. The minimum Gasteiger partial charge on any atom is -0.407 e. The monoisotopic (exact) mass is 658 g/mol. The highest BCUT2D eigenvalue weighted by molar-refractivity contribution is 6.99. The van der Waals surface area contributed by atoms with Gasteiger partial charge < -0.3 is 19.4 Å². The Bertz CT molecular complexity index is 1520. The summed E-state index contributed by atoms with van der Waals surface area (Å²) in [6.45, 7) is 11.0. The molecule has 0 amide bonds. The summed E-state index contributed by atoms with van der Waals surface area (Å²) >= 11 is 0. The van der Waals surface area contributed by atoms with Crippen LogP contribution >= 0.6 is 0 Å². The Balaban J connectivity index is 1.38. The smallest absolute Gasteiger partial charge is 0.261 e. The first-order chi connectivity index (χ1) is 23.1. The first kappa shape index (κ1) is 35.5. The van der Waals surface area contributed by atoms with Gasteiger partial charge in [-0.2, -0.15) is 0 Å². The number of hydrogen-bond donors (Lipinski definition) is 2. The van der Waals surface area contributed by atoms with Gasteiger partial charge in [-0.1, -0.05) is 186 Å². The number of benzene rings is 5. The van der Waals surface area contributed by atoms with Crippen LogP contribution in [0.1, 0.15) is 51.3 Å². The molecule has 0 aliphatic heterocycles. The molecule has 0 fully saturated rings. The SMILES string of the molecule is C[C@@H]([C@H](O)[C@@H](C)CO[Si](c1ccccc1)(c1ccccc1)C(C)(C)C)[C@@H](O)COC(c1ccccc1)(c1ccccc1)c1ccccc1. The van der Waals surface area contributed by atoms with Crippen molar-refractivity contribution in [2.45, 2.75) is 57.5 Å². The third kappa shape index (κ3) is 7.26. The molecule has 0 aliphatic carbocycles. The van der Waals surface area contributed by atoms with E-state index in [0.29, 0.717) is 6.61 Å². The molecule has 2 N–H and O–H groups in total. The topological polar surface area (TPSA) is 58.9 Å². The first-order valence-corrected chi connectivity index (χ1v) is 18.9. The van der Waals surface area contributed by atoms with Crippen molar-refractivity contribution >= 4 is 18.7 Å². The molecule has 5 heteroatoms. The van der Waals surface area contributed by atoms with Crippen LogP contribution in [0.2, 0.25) is 5.04 Å². The fourth-order valence-corrected chi connectivity index (χ4v) is 11.7. The van der Waals surface area contributed by atoms with E-state index in [1.54, 1.807) is 0 Å². The van der Waals surface area contributed by atoms with E-state index in [2.05, 4.69) is 106 Å². The molecule has 0 aromatic heterocycles. The maximum Gasteiger partial charge on any atom is 0.261 e. The summed E-state index contributed by atoms with van der Waals surface area (Å²) in [5, 5.41) is 25.6. The number of rotatable bonds is 14. The Hall–Kier alpha value is -3.84. The van der Waals surface area contributed by atoms with Gasteiger partial charge in [-0.15, -0.1) is 0 Å². The average Bonchev–Trinajstić information content (AvgIpc) is 3.13. The van der Waals surface area contributed by atoms with Crippen LogP contribution in [0.4, 0.5) is 0 Å². The van der Waals surface area contributed by atoms with Crippen molar-refractivity contribution in [3.8, 4) is 0 Å². The molecule has 5 aromatic rings. The molecular formula is C43H50O4Si. The van der Waals surface area contributed by atoms with Crippen LogP contribution in [-0.2, 0) is 14.8 Å². The van der Waals surface area contributed by atoms with E-state index in [4.69, 9.17) is 9.16 Å². The predicted molar refractivity (Wildman–Crippen MR) is 199 cm³/mol. The van der Waals surface area contributed by atoms with Crippen molar-refractivity contribution in [1.82, 2.24) is 0 Å². The Kier molecular flexibility index (Phi) is 11.5. The van der Waals surface area contributed by atoms with Gasteiger partial charge in [0.25, 0.3) is 8.32 Å². The zero-order valence-corrected chi connectivity index (χ0v) is 29.9. The van der Waals surface area contributed by atoms with Crippen molar-refractivity contribution in [3.63, 3.8) is 0 Å². The molecule has 0 bridgehead atoms. The van der Waals surface area contributed by atoms with Crippen molar-refractivity contribution in [2.75, 3.05) is 13.2 Å². The third-order valence-electron chi connectivity index (χ3n) is 9.72. The fourth-order valence-electron chi connectivity index (χ4n) is 6.99. The summed E-state index contributed by atoms with van der Waals surface area (Å²) in [4.78, 5) is 0. The molecule has 0 aliphatic rings. The maximum absolute atomic E-state index is 11.7. The molecule has 5 aromatic carbocycles. The lowest BCUT2D eigenvalue weighted by Crippen LogP contribution is -2.67. The highest BCUT2D eigenvalue weighted by atomic mass is 28.4. The Morgan fingerprint density at radius 2 is 0.896 bits per heavy atom. The largest absolute Gasteiger partial charge is 0.407 e. The van der Waals surface area contributed by atoms with Crippen molar-refractivity contribution in [1.29, 1.82) is 0 Å². The summed E-state index contributed by atoms with van der Waals surface area (Å²) in [6, 6.07) is 51.5. The molecule has 0 unspecified atom stereocenters. The van der Waals surface area contributed by atoms with Crippen LogP contribution in [0.25, 0.3) is 0 Å². The van der Waals surface area contributed by atoms with Crippen LogP contribution in [0.5, 0.6) is 0 Å². The minimum absolute atomic E-state index is 0.0270. The van der Waals surface area contributed by atoms with E-state index in [1.165, 1.54) is 10.4 Å².